The zero-order valence-electron chi connectivity index (χ0n) is 11.7. The van der Waals surface area contributed by atoms with Crippen LogP contribution in [0.3, 0.4) is 0 Å². The van der Waals surface area contributed by atoms with Gasteiger partial charge < -0.3 is 0 Å². The molecule has 0 nitrogen and oxygen atoms in total. The van der Waals surface area contributed by atoms with Crippen LogP contribution in [-0.2, 0) is 0 Å². The van der Waals surface area contributed by atoms with Crippen molar-refractivity contribution < 1.29 is 0 Å². The maximum absolute atomic E-state index is 4.30. The molecular formula is C18H20. The van der Waals surface area contributed by atoms with E-state index in [4.69, 9.17) is 0 Å². The zero-order valence-corrected chi connectivity index (χ0v) is 11.7. The molecule has 0 amide bonds. The molecule has 0 atom stereocenters. The lowest BCUT2D eigenvalue weighted by atomic mass is 9.90. The van der Waals surface area contributed by atoms with Gasteiger partial charge in [0.25, 0.3) is 0 Å². The van der Waals surface area contributed by atoms with Crippen molar-refractivity contribution in [3.05, 3.63) is 76.4 Å². The molecule has 92 valence electrons. The Bertz CT molecular complexity index is 550. The standard InChI is InChI=1S/C18H20/c1-12-8-6-10-17(14(12)3)16(5)18-11-7-9-13(2)15(18)4/h6-11H,5H2,1-4H3. The minimum Gasteiger partial charge on any atom is -0.0905 e. The number of aryl methyl sites for hydroxylation is 2. The molecular weight excluding hydrogens is 216 g/mol. The highest BCUT2D eigenvalue weighted by Crippen LogP contribution is 2.29. The van der Waals surface area contributed by atoms with Crippen molar-refractivity contribution in [3.63, 3.8) is 0 Å². The van der Waals surface area contributed by atoms with Gasteiger partial charge in [-0.1, -0.05) is 43.0 Å². The molecule has 0 aliphatic carbocycles. The lowest BCUT2D eigenvalue weighted by Gasteiger charge is -2.15. The molecule has 0 radical (unpaired) electrons. The van der Waals surface area contributed by atoms with Crippen LogP contribution in [0.4, 0.5) is 0 Å². The number of rotatable bonds is 2. The van der Waals surface area contributed by atoms with Crippen LogP contribution in [0.1, 0.15) is 33.4 Å². The van der Waals surface area contributed by atoms with Crippen LogP contribution in [0.25, 0.3) is 5.57 Å². The van der Waals surface area contributed by atoms with E-state index in [1.54, 1.807) is 0 Å². The van der Waals surface area contributed by atoms with Gasteiger partial charge in [-0.05, 0) is 66.6 Å². The third-order valence-corrected chi connectivity index (χ3v) is 3.86. The highest BCUT2D eigenvalue weighted by Gasteiger charge is 2.09. The van der Waals surface area contributed by atoms with Crippen LogP contribution in [0, 0.1) is 27.7 Å². The molecule has 0 saturated carbocycles. The van der Waals surface area contributed by atoms with Crippen molar-refractivity contribution in [2.45, 2.75) is 27.7 Å². The Kier molecular flexibility index (Phi) is 3.38. The van der Waals surface area contributed by atoms with Crippen molar-refractivity contribution in [3.8, 4) is 0 Å². The molecule has 0 heteroatoms. The Morgan fingerprint density at radius 3 is 1.50 bits per heavy atom. The molecule has 0 fully saturated rings. The van der Waals surface area contributed by atoms with E-state index in [1.165, 1.54) is 33.4 Å². The van der Waals surface area contributed by atoms with E-state index in [9.17, 15) is 0 Å². The smallest absolute Gasteiger partial charge is 0.0152 e. The van der Waals surface area contributed by atoms with E-state index >= 15 is 0 Å². The van der Waals surface area contributed by atoms with Crippen LogP contribution < -0.4 is 0 Å². The minimum absolute atomic E-state index is 1.12. The van der Waals surface area contributed by atoms with Gasteiger partial charge in [-0.15, -0.1) is 0 Å². The van der Waals surface area contributed by atoms with Crippen molar-refractivity contribution >= 4 is 5.57 Å². The normalized spacial score (nSPS) is 10.4. The largest absolute Gasteiger partial charge is 0.0905 e. The fraction of sp³-hybridized carbons (Fsp3) is 0.222. The van der Waals surface area contributed by atoms with E-state index in [1.807, 2.05) is 0 Å². The SMILES string of the molecule is C=C(c1cccc(C)c1C)c1cccc(C)c1C. The van der Waals surface area contributed by atoms with Crippen LogP contribution in [0.15, 0.2) is 43.0 Å². The monoisotopic (exact) mass is 236 g/mol. The van der Waals surface area contributed by atoms with Gasteiger partial charge in [0.2, 0.25) is 0 Å². The van der Waals surface area contributed by atoms with Gasteiger partial charge in [-0.3, -0.25) is 0 Å². The van der Waals surface area contributed by atoms with Crippen LogP contribution in [-0.4, -0.2) is 0 Å². The van der Waals surface area contributed by atoms with E-state index in [0.717, 1.165) is 5.57 Å². The van der Waals surface area contributed by atoms with Gasteiger partial charge in [-0.2, -0.15) is 0 Å². The number of hydrogen-bond donors (Lipinski definition) is 0. The third-order valence-electron chi connectivity index (χ3n) is 3.86. The second-order valence-corrected chi connectivity index (χ2v) is 4.97. The highest BCUT2D eigenvalue weighted by molar-refractivity contribution is 5.82. The molecule has 2 rings (SSSR count). The summed E-state index contributed by atoms with van der Waals surface area (Å²) >= 11 is 0. The van der Waals surface area contributed by atoms with Crippen molar-refractivity contribution in [1.82, 2.24) is 0 Å². The molecule has 0 unspecified atom stereocenters. The van der Waals surface area contributed by atoms with E-state index in [0.29, 0.717) is 0 Å². The maximum Gasteiger partial charge on any atom is -0.0152 e. The van der Waals surface area contributed by atoms with Crippen LogP contribution in [0.5, 0.6) is 0 Å². The Morgan fingerprint density at radius 2 is 1.11 bits per heavy atom. The van der Waals surface area contributed by atoms with Crippen molar-refractivity contribution in [2.24, 2.45) is 0 Å². The summed E-state index contributed by atoms with van der Waals surface area (Å²) in [5.41, 5.74) is 8.91. The average Bonchev–Trinajstić information content (AvgIpc) is 2.35. The Morgan fingerprint density at radius 1 is 0.722 bits per heavy atom. The first-order chi connectivity index (χ1) is 8.52. The zero-order chi connectivity index (χ0) is 13.3. The molecule has 0 bridgehead atoms. The van der Waals surface area contributed by atoms with Gasteiger partial charge in [-0.25, -0.2) is 0 Å². The van der Waals surface area contributed by atoms with Crippen molar-refractivity contribution in [2.75, 3.05) is 0 Å². The number of hydrogen-bond acceptors (Lipinski definition) is 0. The van der Waals surface area contributed by atoms with Gasteiger partial charge in [0.1, 0.15) is 0 Å². The van der Waals surface area contributed by atoms with E-state index in [2.05, 4.69) is 70.7 Å². The average molecular weight is 236 g/mol. The highest BCUT2D eigenvalue weighted by atomic mass is 14.1. The predicted octanol–water partition coefficient (Wildman–Crippen LogP) is 4.98. The fourth-order valence-corrected chi connectivity index (χ4v) is 2.30. The lowest BCUT2D eigenvalue weighted by molar-refractivity contribution is 1.29. The first-order valence-corrected chi connectivity index (χ1v) is 6.34. The summed E-state index contributed by atoms with van der Waals surface area (Å²) in [6.45, 7) is 12.9. The quantitative estimate of drug-likeness (QED) is 0.689. The maximum atomic E-state index is 4.30. The Hall–Kier alpha value is -1.82. The molecule has 18 heavy (non-hydrogen) atoms. The third kappa shape index (κ3) is 2.11. The molecule has 0 aliphatic rings. The second-order valence-electron chi connectivity index (χ2n) is 4.97. The second kappa shape index (κ2) is 4.81. The number of benzene rings is 2. The predicted molar refractivity (Wildman–Crippen MR) is 80.0 cm³/mol. The topological polar surface area (TPSA) is 0 Å². The Balaban J connectivity index is 2.55. The summed E-state index contributed by atoms with van der Waals surface area (Å²) in [4.78, 5) is 0. The Labute approximate surface area is 110 Å². The summed E-state index contributed by atoms with van der Waals surface area (Å²) in [7, 11) is 0. The van der Waals surface area contributed by atoms with Gasteiger partial charge >= 0.3 is 0 Å². The molecule has 0 heterocycles. The molecule has 2 aromatic carbocycles. The summed E-state index contributed by atoms with van der Waals surface area (Å²) < 4.78 is 0. The van der Waals surface area contributed by atoms with Crippen molar-refractivity contribution in [1.29, 1.82) is 0 Å². The molecule has 0 saturated heterocycles. The van der Waals surface area contributed by atoms with Crippen LogP contribution >= 0.6 is 0 Å². The summed E-state index contributed by atoms with van der Waals surface area (Å²) in [5, 5.41) is 0. The molecule has 0 spiro atoms. The van der Waals surface area contributed by atoms with E-state index in [-0.39, 0.29) is 0 Å². The fourth-order valence-electron chi connectivity index (χ4n) is 2.30. The molecule has 0 aromatic heterocycles. The summed E-state index contributed by atoms with van der Waals surface area (Å²) in [5.74, 6) is 0. The summed E-state index contributed by atoms with van der Waals surface area (Å²) in [6.07, 6.45) is 0. The molecule has 0 N–H and O–H groups in total. The van der Waals surface area contributed by atoms with Gasteiger partial charge in [0, 0.05) is 0 Å². The molecule has 2 aromatic rings. The van der Waals surface area contributed by atoms with Gasteiger partial charge in [0.05, 0.1) is 0 Å². The first kappa shape index (κ1) is 12.6. The molecule has 0 aliphatic heterocycles. The van der Waals surface area contributed by atoms with E-state index < -0.39 is 0 Å². The summed E-state index contributed by atoms with van der Waals surface area (Å²) in [6, 6.07) is 12.8. The minimum atomic E-state index is 1.12. The first-order valence-electron chi connectivity index (χ1n) is 6.34. The lowest BCUT2D eigenvalue weighted by Crippen LogP contribution is -1.96. The van der Waals surface area contributed by atoms with Crippen LogP contribution in [0.2, 0.25) is 0 Å². The van der Waals surface area contributed by atoms with Gasteiger partial charge in [0.15, 0.2) is 0 Å².